The average Bonchev–Trinajstić information content (AvgIpc) is 3.05. The number of hydrogen-bond donors (Lipinski definition) is 3. The van der Waals surface area contributed by atoms with Crippen LogP contribution in [0.4, 0.5) is 4.79 Å². The van der Waals surface area contributed by atoms with Crippen molar-refractivity contribution in [2.75, 3.05) is 0 Å². The predicted molar refractivity (Wildman–Crippen MR) is 56.8 cm³/mol. The van der Waals surface area contributed by atoms with Crippen molar-refractivity contribution in [2.45, 2.75) is 50.8 Å². The normalized spacial score (nSPS) is 18.9. The molecular formula is C10H18N2O4. The van der Waals surface area contributed by atoms with Crippen molar-refractivity contribution in [1.29, 1.82) is 0 Å². The van der Waals surface area contributed by atoms with Gasteiger partial charge in [0.25, 0.3) is 0 Å². The molecule has 0 saturated heterocycles. The zero-order valence-electron chi connectivity index (χ0n) is 9.30. The highest BCUT2D eigenvalue weighted by Crippen LogP contribution is 2.21. The van der Waals surface area contributed by atoms with Gasteiger partial charge in [-0.3, -0.25) is 0 Å². The number of carbonyl (C=O) groups is 2. The summed E-state index contributed by atoms with van der Waals surface area (Å²) in [4.78, 5) is 21.6. The molecular weight excluding hydrogens is 212 g/mol. The molecule has 1 rings (SSSR count). The molecule has 0 heterocycles. The predicted octanol–water partition coefficient (Wildman–Crippen LogP) is 0.362. The summed E-state index contributed by atoms with van der Waals surface area (Å²) in [5.74, 6) is 0. The van der Waals surface area contributed by atoms with E-state index in [1.165, 1.54) is 0 Å². The molecule has 6 nitrogen and oxygen atoms in total. The molecule has 0 aromatic heterocycles. The van der Waals surface area contributed by atoms with E-state index in [2.05, 4.69) is 5.43 Å². The summed E-state index contributed by atoms with van der Waals surface area (Å²) in [6.45, 7) is 1.88. The number of nitrogens with one attached hydrogen (secondary N) is 1. The molecule has 16 heavy (non-hydrogen) atoms. The maximum absolute atomic E-state index is 11.0. The van der Waals surface area contributed by atoms with Crippen molar-refractivity contribution in [1.82, 2.24) is 10.4 Å². The molecule has 0 radical (unpaired) electrons. The number of aliphatic hydroxyl groups excluding tert-OH is 1. The summed E-state index contributed by atoms with van der Waals surface area (Å²) in [5.41, 5.74) is 2.81. The molecule has 92 valence electrons. The molecule has 3 N–H and O–H groups in total. The Balaban J connectivity index is 2.67. The quantitative estimate of drug-likeness (QED) is 0.434. The first-order valence-corrected chi connectivity index (χ1v) is 5.51. The highest BCUT2D eigenvalue weighted by molar-refractivity contribution is 5.67. The number of hydrazine groups is 1. The largest absolute Gasteiger partial charge is 0.464 e. The molecule has 0 aliphatic heterocycles. The van der Waals surface area contributed by atoms with Crippen LogP contribution in [-0.4, -0.2) is 45.8 Å². The zero-order chi connectivity index (χ0) is 12.1. The number of carboxylic acid groups (broad SMARTS) is 1. The van der Waals surface area contributed by atoms with Gasteiger partial charge in [0.05, 0.1) is 6.04 Å². The van der Waals surface area contributed by atoms with Gasteiger partial charge < -0.3 is 15.0 Å². The highest BCUT2D eigenvalue weighted by atomic mass is 16.4. The van der Waals surface area contributed by atoms with Crippen molar-refractivity contribution < 1.29 is 19.8 Å². The molecule has 2 atom stereocenters. The lowest BCUT2D eigenvalue weighted by molar-refractivity contribution is -0.118. The first kappa shape index (κ1) is 12.9. The molecule has 0 spiro atoms. The van der Waals surface area contributed by atoms with E-state index in [-0.39, 0.29) is 6.04 Å². The number of aldehydes is 1. The number of aliphatic hydroxyl groups is 1. The lowest BCUT2D eigenvalue weighted by atomic mass is 10.1. The summed E-state index contributed by atoms with van der Waals surface area (Å²) in [5, 5.41) is 19.5. The van der Waals surface area contributed by atoms with Gasteiger partial charge in [-0.2, -0.15) is 0 Å². The first-order chi connectivity index (χ1) is 7.60. The number of carbonyl (C=O) groups excluding carboxylic acids is 1. The van der Waals surface area contributed by atoms with Gasteiger partial charge in [0.1, 0.15) is 6.10 Å². The molecule has 0 aromatic rings. The second-order valence-electron chi connectivity index (χ2n) is 4.04. The van der Waals surface area contributed by atoms with Crippen LogP contribution in [0.3, 0.4) is 0 Å². The molecule has 1 fully saturated rings. The Kier molecular flexibility index (Phi) is 4.70. The molecule has 1 amide bonds. The van der Waals surface area contributed by atoms with E-state index in [4.69, 9.17) is 5.11 Å². The molecule has 1 saturated carbocycles. The van der Waals surface area contributed by atoms with Gasteiger partial charge in [-0.25, -0.2) is 15.2 Å². The van der Waals surface area contributed by atoms with Gasteiger partial charge in [-0.05, 0) is 19.3 Å². The molecule has 0 bridgehead atoms. The Morgan fingerprint density at radius 1 is 1.62 bits per heavy atom. The van der Waals surface area contributed by atoms with Crippen LogP contribution in [0.2, 0.25) is 0 Å². The summed E-state index contributed by atoms with van der Waals surface area (Å²) in [6, 6.07) is -0.546. The van der Waals surface area contributed by atoms with E-state index in [1.807, 2.05) is 6.92 Å². The van der Waals surface area contributed by atoms with Crippen molar-refractivity contribution >= 4 is 12.4 Å². The minimum absolute atomic E-state index is 0.161. The van der Waals surface area contributed by atoms with E-state index in [9.17, 15) is 14.7 Å². The Morgan fingerprint density at radius 2 is 2.25 bits per heavy atom. The monoisotopic (exact) mass is 230 g/mol. The molecule has 1 aliphatic carbocycles. The number of hydrogen-bond acceptors (Lipinski definition) is 4. The maximum Gasteiger partial charge on any atom is 0.422 e. The minimum atomic E-state index is -1.28. The Hall–Kier alpha value is -1.14. The smallest absolute Gasteiger partial charge is 0.422 e. The summed E-state index contributed by atoms with van der Waals surface area (Å²) < 4.78 is 0. The third kappa shape index (κ3) is 3.46. The van der Waals surface area contributed by atoms with Gasteiger partial charge in [-0.1, -0.05) is 13.3 Å². The van der Waals surface area contributed by atoms with Crippen molar-refractivity contribution in [2.24, 2.45) is 0 Å². The lowest BCUT2D eigenvalue weighted by Crippen LogP contribution is -2.54. The van der Waals surface area contributed by atoms with Crippen LogP contribution in [0.15, 0.2) is 0 Å². The van der Waals surface area contributed by atoms with Gasteiger partial charge in [0.2, 0.25) is 0 Å². The maximum atomic E-state index is 11.0. The van der Waals surface area contributed by atoms with Crippen LogP contribution in [0.5, 0.6) is 0 Å². The molecule has 1 aliphatic rings. The van der Waals surface area contributed by atoms with Crippen LogP contribution in [0, 0.1) is 0 Å². The number of nitrogens with zero attached hydrogens (tertiary/aromatic N) is 1. The summed E-state index contributed by atoms with van der Waals surface area (Å²) in [7, 11) is 0. The number of rotatable bonds is 7. The Morgan fingerprint density at radius 3 is 2.62 bits per heavy atom. The second kappa shape index (κ2) is 5.81. The first-order valence-electron chi connectivity index (χ1n) is 5.51. The molecule has 6 heteroatoms. The Labute approximate surface area is 94.2 Å². The summed E-state index contributed by atoms with van der Waals surface area (Å²) in [6.07, 6.45) is 0.954. The topological polar surface area (TPSA) is 89.9 Å². The van der Waals surface area contributed by atoms with Gasteiger partial charge in [0, 0.05) is 6.04 Å². The van der Waals surface area contributed by atoms with Crippen LogP contribution < -0.4 is 5.43 Å². The standard InChI is InChI=1S/C10H18N2O4/c1-2-3-8(9(14)6-13)12(10(15)16)11-7-4-5-7/h6-9,11,14H,2-5H2,1H3,(H,15,16)/t8-,9?/m0/s1. The number of amides is 1. The zero-order valence-corrected chi connectivity index (χ0v) is 9.30. The van der Waals surface area contributed by atoms with Crippen molar-refractivity contribution in [3.8, 4) is 0 Å². The van der Waals surface area contributed by atoms with E-state index in [1.54, 1.807) is 0 Å². The minimum Gasteiger partial charge on any atom is -0.464 e. The van der Waals surface area contributed by atoms with Crippen molar-refractivity contribution in [3.05, 3.63) is 0 Å². The van der Waals surface area contributed by atoms with Gasteiger partial charge in [0.15, 0.2) is 6.29 Å². The fourth-order valence-corrected chi connectivity index (χ4v) is 1.54. The van der Waals surface area contributed by atoms with Crippen molar-refractivity contribution in [3.63, 3.8) is 0 Å². The average molecular weight is 230 g/mol. The van der Waals surface area contributed by atoms with Gasteiger partial charge >= 0.3 is 6.09 Å². The lowest BCUT2D eigenvalue weighted by Gasteiger charge is -2.30. The van der Waals surface area contributed by atoms with Gasteiger partial charge in [-0.15, -0.1) is 0 Å². The SMILES string of the molecule is CCC[C@@H](C(O)C=O)N(NC1CC1)C(=O)O. The van der Waals surface area contributed by atoms with Crippen LogP contribution in [0.25, 0.3) is 0 Å². The third-order valence-electron chi connectivity index (χ3n) is 2.55. The molecule has 1 unspecified atom stereocenters. The fraction of sp³-hybridized carbons (Fsp3) is 0.800. The second-order valence-corrected chi connectivity index (χ2v) is 4.04. The highest BCUT2D eigenvalue weighted by Gasteiger charge is 2.33. The van der Waals surface area contributed by atoms with E-state index in [0.29, 0.717) is 19.1 Å². The third-order valence-corrected chi connectivity index (χ3v) is 2.55. The summed E-state index contributed by atoms with van der Waals surface area (Å²) >= 11 is 0. The van der Waals surface area contributed by atoms with Crippen LogP contribution in [-0.2, 0) is 4.79 Å². The van der Waals surface area contributed by atoms with E-state index < -0.39 is 18.2 Å². The Bertz CT molecular complexity index is 255. The van der Waals surface area contributed by atoms with E-state index in [0.717, 1.165) is 17.9 Å². The van der Waals surface area contributed by atoms with Crippen LogP contribution in [0.1, 0.15) is 32.6 Å². The van der Waals surface area contributed by atoms with Crippen LogP contribution >= 0.6 is 0 Å². The fourth-order valence-electron chi connectivity index (χ4n) is 1.54. The van der Waals surface area contributed by atoms with E-state index >= 15 is 0 Å². The molecule has 0 aromatic carbocycles.